The predicted octanol–water partition coefficient (Wildman–Crippen LogP) is 2.30. The lowest BCUT2D eigenvalue weighted by molar-refractivity contribution is -0.146. The lowest BCUT2D eigenvalue weighted by atomic mass is 9.82. The summed E-state index contributed by atoms with van der Waals surface area (Å²) in [4.78, 5) is 23.7. The van der Waals surface area contributed by atoms with Crippen molar-refractivity contribution in [3.8, 4) is 0 Å². The summed E-state index contributed by atoms with van der Waals surface area (Å²) in [6.07, 6.45) is -2.98. The average molecular weight is 327 g/mol. The maximum atomic E-state index is 12.9. The molecule has 2 N–H and O–H groups in total. The van der Waals surface area contributed by atoms with E-state index in [2.05, 4.69) is 5.32 Å². The summed E-state index contributed by atoms with van der Waals surface area (Å²) in [6, 6.07) is 4.54. The number of halogens is 3. The largest absolute Gasteiger partial charge is 0.481 e. The number of amides is 1. The van der Waals surface area contributed by atoms with E-state index < -0.39 is 53.3 Å². The van der Waals surface area contributed by atoms with Gasteiger partial charge in [0.25, 0.3) is 0 Å². The molecule has 23 heavy (non-hydrogen) atoms. The molecule has 2 bridgehead atoms. The Labute approximate surface area is 128 Å². The zero-order chi connectivity index (χ0) is 16.8. The Kier molecular flexibility index (Phi) is 3.63. The van der Waals surface area contributed by atoms with Gasteiger partial charge in [0.2, 0.25) is 5.91 Å². The van der Waals surface area contributed by atoms with E-state index in [0.717, 1.165) is 12.1 Å². The lowest BCUT2D eigenvalue weighted by Gasteiger charge is -2.22. The van der Waals surface area contributed by atoms with Crippen molar-refractivity contribution in [1.82, 2.24) is 0 Å². The zero-order valence-electron chi connectivity index (χ0n) is 11.6. The molecule has 0 aromatic heterocycles. The highest BCUT2D eigenvalue weighted by atomic mass is 19.4. The number of anilines is 1. The molecule has 3 rings (SSSR count). The molecule has 122 valence electrons. The number of aliphatic carboxylic acids is 1. The van der Waals surface area contributed by atoms with Crippen LogP contribution in [0.4, 0.5) is 18.9 Å². The van der Waals surface area contributed by atoms with E-state index in [-0.39, 0.29) is 0 Å². The minimum atomic E-state index is -4.62. The van der Waals surface area contributed by atoms with Gasteiger partial charge in [0.15, 0.2) is 0 Å². The fraction of sp³-hybridized carbons (Fsp3) is 0.333. The first-order valence-corrected chi connectivity index (χ1v) is 6.82. The van der Waals surface area contributed by atoms with Crippen LogP contribution >= 0.6 is 0 Å². The first-order chi connectivity index (χ1) is 10.8. The molecular weight excluding hydrogens is 315 g/mol. The van der Waals surface area contributed by atoms with Crippen LogP contribution in [0.5, 0.6) is 0 Å². The van der Waals surface area contributed by atoms with Gasteiger partial charge in [0.1, 0.15) is 5.92 Å². The van der Waals surface area contributed by atoms with Gasteiger partial charge in [-0.25, -0.2) is 0 Å². The molecule has 2 aliphatic rings. The van der Waals surface area contributed by atoms with Gasteiger partial charge < -0.3 is 15.2 Å². The number of carbonyl (C=O) groups is 2. The van der Waals surface area contributed by atoms with Crippen LogP contribution in [0.25, 0.3) is 0 Å². The molecule has 4 atom stereocenters. The number of carboxylic acid groups (broad SMARTS) is 1. The van der Waals surface area contributed by atoms with Crippen molar-refractivity contribution in [2.45, 2.75) is 18.4 Å². The van der Waals surface area contributed by atoms with Gasteiger partial charge in [-0.05, 0) is 12.1 Å². The second-order valence-corrected chi connectivity index (χ2v) is 5.37. The molecule has 1 aromatic rings. The van der Waals surface area contributed by atoms with Crippen molar-refractivity contribution in [3.63, 3.8) is 0 Å². The van der Waals surface area contributed by atoms with Crippen molar-refractivity contribution in [2.75, 3.05) is 5.32 Å². The number of rotatable bonds is 3. The number of nitrogens with one attached hydrogen (secondary N) is 1. The number of para-hydroxylation sites is 1. The van der Waals surface area contributed by atoms with Crippen LogP contribution in [0.15, 0.2) is 36.4 Å². The summed E-state index contributed by atoms with van der Waals surface area (Å²) in [5.41, 5.74) is -1.39. The quantitative estimate of drug-likeness (QED) is 0.835. The fourth-order valence-electron chi connectivity index (χ4n) is 2.97. The van der Waals surface area contributed by atoms with E-state index in [1.165, 1.54) is 12.1 Å². The number of fused-ring (bicyclic) bond motifs is 2. The van der Waals surface area contributed by atoms with Crippen LogP contribution in [0.2, 0.25) is 0 Å². The summed E-state index contributed by atoms with van der Waals surface area (Å²) in [5, 5.41) is 11.4. The van der Waals surface area contributed by atoms with Crippen molar-refractivity contribution in [2.24, 2.45) is 11.8 Å². The lowest BCUT2D eigenvalue weighted by Crippen LogP contribution is -2.39. The third kappa shape index (κ3) is 2.70. The molecule has 0 unspecified atom stereocenters. The number of hydrogen-bond acceptors (Lipinski definition) is 3. The highest BCUT2D eigenvalue weighted by molar-refractivity contribution is 5.97. The maximum Gasteiger partial charge on any atom is 0.418 e. The van der Waals surface area contributed by atoms with Crippen LogP contribution in [-0.4, -0.2) is 29.2 Å². The molecule has 0 radical (unpaired) electrons. The average Bonchev–Trinajstić information content (AvgIpc) is 3.07. The van der Waals surface area contributed by atoms with Gasteiger partial charge in [0, 0.05) is 0 Å². The number of carboxylic acids is 1. The zero-order valence-corrected chi connectivity index (χ0v) is 11.6. The van der Waals surface area contributed by atoms with E-state index in [4.69, 9.17) is 4.74 Å². The minimum Gasteiger partial charge on any atom is -0.481 e. The fourth-order valence-corrected chi connectivity index (χ4v) is 2.97. The van der Waals surface area contributed by atoms with E-state index >= 15 is 0 Å². The molecule has 1 aromatic carbocycles. The Morgan fingerprint density at radius 1 is 1.09 bits per heavy atom. The topological polar surface area (TPSA) is 75.6 Å². The number of ether oxygens (including phenoxy) is 1. The van der Waals surface area contributed by atoms with Crippen LogP contribution in [0.3, 0.4) is 0 Å². The van der Waals surface area contributed by atoms with Crippen molar-refractivity contribution in [3.05, 3.63) is 42.0 Å². The van der Waals surface area contributed by atoms with Crippen LogP contribution in [0, 0.1) is 11.8 Å². The molecule has 2 aliphatic heterocycles. The van der Waals surface area contributed by atoms with Crippen LogP contribution < -0.4 is 5.32 Å². The highest BCUT2D eigenvalue weighted by Crippen LogP contribution is 2.41. The summed E-state index contributed by atoms with van der Waals surface area (Å²) < 4.78 is 44.2. The summed E-state index contributed by atoms with van der Waals surface area (Å²) in [5.74, 6) is -4.19. The third-order valence-corrected chi connectivity index (χ3v) is 3.98. The SMILES string of the molecule is O=C(O)[C@@H]1[C@H](C(=O)Nc2ccccc2C(F)(F)F)[C@H]2C=C[C@H]1O2. The Hall–Kier alpha value is -2.35. The highest BCUT2D eigenvalue weighted by Gasteiger charge is 2.53. The predicted molar refractivity (Wildman–Crippen MR) is 72.5 cm³/mol. The Bertz CT molecular complexity index is 686. The van der Waals surface area contributed by atoms with Crippen LogP contribution in [0.1, 0.15) is 5.56 Å². The molecule has 1 saturated heterocycles. The first kappa shape index (κ1) is 15.5. The first-order valence-electron chi connectivity index (χ1n) is 6.82. The molecule has 0 aliphatic carbocycles. The summed E-state index contributed by atoms with van der Waals surface area (Å²) in [6.45, 7) is 0. The third-order valence-electron chi connectivity index (χ3n) is 3.98. The molecule has 0 spiro atoms. The maximum absolute atomic E-state index is 12.9. The molecule has 0 saturated carbocycles. The second-order valence-electron chi connectivity index (χ2n) is 5.37. The molecule has 8 heteroatoms. The number of carbonyl (C=O) groups excluding carboxylic acids is 1. The Morgan fingerprint density at radius 2 is 1.70 bits per heavy atom. The van der Waals surface area contributed by atoms with Crippen molar-refractivity contribution >= 4 is 17.6 Å². The smallest absolute Gasteiger partial charge is 0.418 e. The van der Waals surface area contributed by atoms with Gasteiger partial charge in [-0.3, -0.25) is 9.59 Å². The normalized spacial score (nSPS) is 28.8. The van der Waals surface area contributed by atoms with Gasteiger partial charge in [0.05, 0.1) is 29.4 Å². The molecule has 5 nitrogen and oxygen atoms in total. The number of alkyl halides is 3. The van der Waals surface area contributed by atoms with Gasteiger partial charge in [-0.2, -0.15) is 13.2 Å². The Balaban J connectivity index is 1.86. The van der Waals surface area contributed by atoms with E-state index in [1.54, 1.807) is 12.2 Å². The van der Waals surface area contributed by atoms with Crippen molar-refractivity contribution < 1.29 is 32.6 Å². The molecule has 1 amide bonds. The van der Waals surface area contributed by atoms with Gasteiger partial charge in [-0.1, -0.05) is 24.3 Å². The number of benzene rings is 1. The van der Waals surface area contributed by atoms with Crippen LogP contribution in [-0.2, 0) is 20.5 Å². The molecule has 2 heterocycles. The minimum absolute atomic E-state index is 0.402. The second kappa shape index (κ2) is 5.38. The van der Waals surface area contributed by atoms with E-state index in [9.17, 15) is 27.9 Å². The number of hydrogen-bond donors (Lipinski definition) is 2. The van der Waals surface area contributed by atoms with E-state index in [1.807, 2.05) is 0 Å². The molecular formula is C15H12F3NO4. The summed E-state index contributed by atoms with van der Waals surface area (Å²) in [7, 11) is 0. The van der Waals surface area contributed by atoms with E-state index in [0.29, 0.717) is 0 Å². The molecule has 1 fully saturated rings. The van der Waals surface area contributed by atoms with Gasteiger partial charge in [-0.15, -0.1) is 0 Å². The Morgan fingerprint density at radius 3 is 2.30 bits per heavy atom. The van der Waals surface area contributed by atoms with Crippen molar-refractivity contribution in [1.29, 1.82) is 0 Å². The standard InChI is InChI=1S/C15H12F3NO4/c16-15(17,18)7-3-1-2-4-8(7)19-13(20)11-9-5-6-10(23-9)12(11)14(21)22/h1-6,9-12H,(H,19,20)(H,21,22)/t9-,10-,11-,12+/m1/s1. The summed E-state index contributed by atoms with van der Waals surface area (Å²) >= 11 is 0. The monoisotopic (exact) mass is 327 g/mol. The van der Waals surface area contributed by atoms with Gasteiger partial charge >= 0.3 is 12.1 Å².